The molecular formula is C17H28Cl2N2. The number of hydrogen-bond acceptors (Lipinski definition) is 2. The van der Waals surface area contributed by atoms with Crippen LogP contribution in [0, 0.1) is 5.92 Å². The molecular weight excluding hydrogens is 303 g/mol. The highest BCUT2D eigenvalue weighted by atomic mass is 35.5. The van der Waals surface area contributed by atoms with Gasteiger partial charge in [0.25, 0.3) is 0 Å². The summed E-state index contributed by atoms with van der Waals surface area (Å²) in [6, 6.07) is 6.71. The fourth-order valence-corrected chi connectivity index (χ4v) is 2.98. The highest BCUT2D eigenvalue weighted by Gasteiger charge is 2.18. The van der Waals surface area contributed by atoms with Crippen LogP contribution in [0.2, 0.25) is 10.0 Å². The highest BCUT2D eigenvalue weighted by molar-refractivity contribution is 6.42. The van der Waals surface area contributed by atoms with E-state index in [9.17, 15) is 0 Å². The first kappa shape index (κ1) is 18.8. The Morgan fingerprint density at radius 2 is 1.81 bits per heavy atom. The summed E-state index contributed by atoms with van der Waals surface area (Å²) in [6.07, 6.45) is 2.19. The molecule has 0 saturated heterocycles. The van der Waals surface area contributed by atoms with E-state index in [1.54, 1.807) is 0 Å². The molecule has 0 aliphatic heterocycles. The number of rotatable bonds is 8. The van der Waals surface area contributed by atoms with Gasteiger partial charge in [-0.2, -0.15) is 0 Å². The first-order chi connectivity index (χ1) is 9.83. The molecule has 120 valence electrons. The zero-order chi connectivity index (χ0) is 16.0. The Morgan fingerprint density at radius 3 is 2.29 bits per heavy atom. The minimum atomic E-state index is 0.309. The van der Waals surface area contributed by atoms with Crippen molar-refractivity contribution in [1.82, 2.24) is 10.2 Å². The maximum atomic E-state index is 6.15. The molecule has 0 fully saturated rings. The fourth-order valence-electron chi connectivity index (χ4n) is 2.67. The van der Waals surface area contributed by atoms with Crippen molar-refractivity contribution < 1.29 is 0 Å². The van der Waals surface area contributed by atoms with Gasteiger partial charge in [-0.3, -0.25) is 0 Å². The van der Waals surface area contributed by atoms with Crippen LogP contribution < -0.4 is 5.32 Å². The molecule has 0 aliphatic rings. The lowest BCUT2D eigenvalue weighted by Gasteiger charge is -2.29. The van der Waals surface area contributed by atoms with Gasteiger partial charge >= 0.3 is 0 Å². The Balaban J connectivity index is 2.83. The van der Waals surface area contributed by atoms with E-state index < -0.39 is 0 Å². The van der Waals surface area contributed by atoms with Crippen molar-refractivity contribution >= 4 is 23.2 Å². The molecule has 0 bridgehead atoms. The number of nitrogens with one attached hydrogen (secondary N) is 1. The van der Waals surface area contributed by atoms with E-state index in [0.29, 0.717) is 28.0 Å². The van der Waals surface area contributed by atoms with Crippen molar-refractivity contribution in [3.63, 3.8) is 0 Å². The summed E-state index contributed by atoms with van der Waals surface area (Å²) in [5.41, 5.74) is 1.21. The lowest BCUT2D eigenvalue weighted by atomic mass is 9.99. The van der Waals surface area contributed by atoms with Gasteiger partial charge in [-0.1, -0.05) is 50.0 Å². The van der Waals surface area contributed by atoms with Gasteiger partial charge in [0.1, 0.15) is 0 Å². The molecule has 1 aromatic carbocycles. The van der Waals surface area contributed by atoms with Crippen molar-refractivity contribution in [1.29, 1.82) is 0 Å². The maximum absolute atomic E-state index is 6.15. The number of likely N-dealkylation sites (N-methyl/N-ethyl adjacent to an activating group) is 1. The molecule has 1 aromatic rings. The van der Waals surface area contributed by atoms with Gasteiger partial charge in [0.15, 0.2) is 0 Å². The summed E-state index contributed by atoms with van der Waals surface area (Å²) in [4.78, 5) is 2.24. The average Bonchev–Trinajstić information content (AvgIpc) is 2.37. The van der Waals surface area contributed by atoms with Gasteiger partial charge in [-0.25, -0.2) is 0 Å². The summed E-state index contributed by atoms with van der Waals surface area (Å²) in [5.74, 6) is 0.675. The third-order valence-corrected chi connectivity index (χ3v) is 4.27. The Hall–Kier alpha value is -0.280. The molecule has 0 aliphatic carbocycles. The van der Waals surface area contributed by atoms with Crippen molar-refractivity contribution in [2.24, 2.45) is 5.92 Å². The third-order valence-electron chi connectivity index (χ3n) is 3.53. The molecule has 0 saturated carbocycles. The standard InChI is InChI=1S/C17H28Cl2N2/c1-6-17(13-7-8-15(18)16(19)10-13)20-14(9-12(2)3)11-21(4)5/h7-8,10,12,14,17,20H,6,9,11H2,1-5H3. The minimum Gasteiger partial charge on any atom is -0.308 e. The Morgan fingerprint density at radius 1 is 1.14 bits per heavy atom. The molecule has 2 nitrogen and oxygen atoms in total. The molecule has 1 rings (SSSR count). The molecule has 4 heteroatoms. The van der Waals surface area contributed by atoms with Crippen molar-refractivity contribution in [3.8, 4) is 0 Å². The SMILES string of the molecule is CCC(NC(CC(C)C)CN(C)C)c1ccc(Cl)c(Cl)c1. The van der Waals surface area contributed by atoms with Crippen LogP contribution in [-0.2, 0) is 0 Å². The minimum absolute atomic E-state index is 0.309. The second-order valence-electron chi connectivity index (χ2n) is 6.39. The second kappa shape index (κ2) is 8.99. The number of halogens is 2. The van der Waals surface area contributed by atoms with E-state index in [4.69, 9.17) is 23.2 Å². The summed E-state index contributed by atoms with van der Waals surface area (Å²) in [7, 11) is 4.24. The van der Waals surface area contributed by atoms with Crippen LogP contribution in [0.15, 0.2) is 18.2 Å². The van der Waals surface area contributed by atoms with Crippen LogP contribution in [0.25, 0.3) is 0 Å². The van der Waals surface area contributed by atoms with Gasteiger partial charge in [0.2, 0.25) is 0 Å². The van der Waals surface area contributed by atoms with E-state index >= 15 is 0 Å². The van der Waals surface area contributed by atoms with Crippen LogP contribution in [0.4, 0.5) is 0 Å². The zero-order valence-corrected chi connectivity index (χ0v) is 15.3. The molecule has 0 heterocycles. The van der Waals surface area contributed by atoms with Gasteiger partial charge in [0, 0.05) is 18.6 Å². The lowest BCUT2D eigenvalue weighted by molar-refractivity contribution is 0.284. The molecule has 0 amide bonds. The van der Waals surface area contributed by atoms with Crippen LogP contribution in [0.5, 0.6) is 0 Å². The summed E-state index contributed by atoms with van der Waals surface area (Å²) in [6.45, 7) is 7.77. The monoisotopic (exact) mass is 330 g/mol. The van der Waals surface area contributed by atoms with E-state index in [1.807, 2.05) is 12.1 Å². The summed E-state index contributed by atoms with van der Waals surface area (Å²) in [5, 5.41) is 5.03. The smallest absolute Gasteiger partial charge is 0.0595 e. The summed E-state index contributed by atoms with van der Waals surface area (Å²) < 4.78 is 0. The maximum Gasteiger partial charge on any atom is 0.0595 e. The van der Waals surface area contributed by atoms with Crippen molar-refractivity contribution in [2.45, 2.75) is 45.7 Å². The Labute approximate surface area is 139 Å². The van der Waals surface area contributed by atoms with Crippen molar-refractivity contribution in [3.05, 3.63) is 33.8 Å². The molecule has 2 atom stereocenters. The van der Waals surface area contributed by atoms with E-state index in [1.165, 1.54) is 5.56 Å². The van der Waals surface area contributed by atoms with Crippen LogP contribution in [-0.4, -0.2) is 31.6 Å². The number of benzene rings is 1. The largest absolute Gasteiger partial charge is 0.308 e. The van der Waals surface area contributed by atoms with Gasteiger partial charge in [-0.05, 0) is 50.6 Å². The van der Waals surface area contributed by atoms with Crippen molar-refractivity contribution in [2.75, 3.05) is 20.6 Å². The van der Waals surface area contributed by atoms with Gasteiger partial charge in [-0.15, -0.1) is 0 Å². The highest BCUT2D eigenvalue weighted by Crippen LogP contribution is 2.27. The van der Waals surface area contributed by atoms with E-state index in [-0.39, 0.29) is 0 Å². The van der Waals surface area contributed by atoms with E-state index in [0.717, 1.165) is 19.4 Å². The Kier molecular flexibility index (Phi) is 8.04. The van der Waals surface area contributed by atoms with Gasteiger partial charge < -0.3 is 10.2 Å². The molecule has 21 heavy (non-hydrogen) atoms. The molecule has 1 N–H and O–H groups in total. The first-order valence-corrected chi connectivity index (χ1v) is 8.44. The topological polar surface area (TPSA) is 15.3 Å². The molecule has 0 radical (unpaired) electrons. The quantitative estimate of drug-likeness (QED) is 0.720. The molecule has 0 aromatic heterocycles. The normalized spacial score (nSPS) is 14.7. The third kappa shape index (κ3) is 6.56. The fraction of sp³-hybridized carbons (Fsp3) is 0.647. The second-order valence-corrected chi connectivity index (χ2v) is 7.20. The predicted octanol–water partition coefficient (Wildman–Crippen LogP) is 5.01. The van der Waals surface area contributed by atoms with E-state index in [2.05, 4.69) is 51.1 Å². The Bertz CT molecular complexity index is 423. The number of nitrogens with zero attached hydrogens (tertiary/aromatic N) is 1. The van der Waals surface area contributed by atoms with Gasteiger partial charge in [0.05, 0.1) is 10.0 Å². The van der Waals surface area contributed by atoms with Crippen LogP contribution in [0.1, 0.15) is 45.2 Å². The van der Waals surface area contributed by atoms with Crippen LogP contribution in [0.3, 0.4) is 0 Å². The summed E-state index contributed by atoms with van der Waals surface area (Å²) >= 11 is 12.2. The average molecular weight is 331 g/mol. The molecule has 0 spiro atoms. The predicted molar refractivity (Wildman–Crippen MR) is 94.4 cm³/mol. The first-order valence-electron chi connectivity index (χ1n) is 7.69. The molecule has 2 unspecified atom stereocenters. The van der Waals surface area contributed by atoms with Crippen LogP contribution >= 0.6 is 23.2 Å². The zero-order valence-electron chi connectivity index (χ0n) is 13.8. The lowest BCUT2D eigenvalue weighted by Crippen LogP contribution is -2.41. The number of hydrogen-bond donors (Lipinski definition) is 1.